The largest absolute Gasteiger partial charge is 0.469 e. The summed E-state index contributed by atoms with van der Waals surface area (Å²) in [5, 5.41) is 2.33. The Bertz CT molecular complexity index is 839. The molecule has 1 aliphatic rings. The number of rotatable bonds is 9. The molecule has 1 saturated carbocycles. The lowest BCUT2D eigenvalue weighted by atomic mass is 9.94. The molecule has 1 fully saturated rings. The van der Waals surface area contributed by atoms with E-state index in [0.717, 1.165) is 0 Å². The van der Waals surface area contributed by atoms with Crippen LogP contribution in [0.25, 0.3) is 0 Å². The highest BCUT2D eigenvalue weighted by molar-refractivity contribution is 6.99. The van der Waals surface area contributed by atoms with Gasteiger partial charge in [-0.2, -0.15) is 0 Å². The molecule has 2 aromatic carbocycles. The van der Waals surface area contributed by atoms with Crippen molar-refractivity contribution in [2.45, 2.75) is 51.2 Å². The normalized spacial score (nSPS) is 21.2. The standard InChI is InChI=1S/C26H34O5Si/c1-26(2,3)32(23-11-7-5-8-12-23,24-13-9-6-10-14-24)31-18-21-16-22(30-19-27)15-20(21)17-25(28)29-4/h5-14,19-22H,15-18H2,1-4H3/t20-,21-,22+/m1/s1. The number of hydrogen-bond acceptors (Lipinski definition) is 5. The molecule has 32 heavy (non-hydrogen) atoms. The van der Waals surface area contributed by atoms with E-state index in [1.165, 1.54) is 17.5 Å². The maximum atomic E-state index is 12.0. The number of benzene rings is 2. The van der Waals surface area contributed by atoms with Gasteiger partial charge in [0.2, 0.25) is 0 Å². The Morgan fingerprint density at radius 1 is 0.969 bits per heavy atom. The molecular weight excluding hydrogens is 420 g/mol. The minimum atomic E-state index is -2.66. The molecule has 3 atom stereocenters. The summed E-state index contributed by atoms with van der Waals surface area (Å²) in [5.41, 5.74) is 0. The van der Waals surface area contributed by atoms with E-state index in [1.54, 1.807) is 0 Å². The van der Waals surface area contributed by atoms with Gasteiger partial charge in [0.05, 0.1) is 7.11 Å². The van der Waals surface area contributed by atoms with Crippen molar-refractivity contribution < 1.29 is 23.5 Å². The van der Waals surface area contributed by atoms with Gasteiger partial charge in [-0.05, 0) is 40.1 Å². The molecule has 0 unspecified atom stereocenters. The fourth-order valence-electron chi connectivity index (χ4n) is 5.09. The van der Waals surface area contributed by atoms with Gasteiger partial charge in [0.15, 0.2) is 0 Å². The summed E-state index contributed by atoms with van der Waals surface area (Å²) in [5.74, 6) is -0.0662. The van der Waals surface area contributed by atoms with Crippen molar-refractivity contribution >= 4 is 31.1 Å². The summed E-state index contributed by atoms with van der Waals surface area (Å²) in [6, 6.07) is 21.0. The molecular formula is C26H34O5Si. The van der Waals surface area contributed by atoms with E-state index in [2.05, 4.69) is 69.3 Å². The van der Waals surface area contributed by atoms with Crippen molar-refractivity contribution in [2.24, 2.45) is 11.8 Å². The van der Waals surface area contributed by atoms with Crippen molar-refractivity contribution in [1.29, 1.82) is 0 Å². The average Bonchev–Trinajstić information content (AvgIpc) is 3.16. The lowest BCUT2D eigenvalue weighted by Crippen LogP contribution is -2.67. The zero-order valence-electron chi connectivity index (χ0n) is 19.5. The summed E-state index contributed by atoms with van der Waals surface area (Å²) in [6.45, 7) is 7.76. The van der Waals surface area contributed by atoms with Gasteiger partial charge in [-0.1, -0.05) is 81.4 Å². The summed E-state index contributed by atoms with van der Waals surface area (Å²) < 4.78 is 17.2. The van der Waals surface area contributed by atoms with Gasteiger partial charge < -0.3 is 13.9 Å². The SMILES string of the molecule is COC(=O)C[C@H]1C[C@H](OC=O)C[C@@H]1CO[Si](c1ccccc1)(c1ccccc1)C(C)(C)C. The molecule has 0 heterocycles. The molecule has 0 N–H and O–H groups in total. The van der Waals surface area contributed by atoms with E-state index >= 15 is 0 Å². The number of carbonyl (C=O) groups is 2. The Morgan fingerprint density at radius 3 is 1.97 bits per heavy atom. The highest BCUT2D eigenvalue weighted by Gasteiger charge is 2.51. The van der Waals surface area contributed by atoms with Crippen LogP contribution in [0.3, 0.4) is 0 Å². The van der Waals surface area contributed by atoms with Crippen LogP contribution in [0.1, 0.15) is 40.0 Å². The summed E-state index contributed by atoms with van der Waals surface area (Å²) in [6.07, 6.45) is 1.47. The predicted octanol–water partition coefficient (Wildman–Crippen LogP) is 3.69. The van der Waals surface area contributed by atoms with Crippen molar-refractivity contribution in [3.05, 3.63) is 60.7 Å². The molecule has 0 bridgehead atoms. The lowest BCUT2D eigenvalue weighted by molar-refractivity contribution is -0.142. The summed E-state index contributed by atoms with van der Waals surface area (Å²) in [4.78, 5) is 22.9. The third-order valence-corrected chi connectivity index (χ3v) is 11.6. The quantitative estimate of drug-likeness (QED) is 0.329. The van der Waals surface area contributed by atoms with Crippen LogP contribution in [0.2, 0.25) is 5.04 Å². The van der Waals surface area contributed by atoms with E-state index in [-0.39, 0.29) is 28.9 Å². The molecule has 0 spiro atoms. The maximum absolute atomic E-state index is 12.0. The first-order valence-corrected chi connectivity index (χ1v) is 13.1. The van der Waals surface area contributed by atoms with E-state index < -0.39 is 8.32 Å². The zero-order chi connectivity index (χ0) is 23.2. The topological polar surface area (TPSA) is 61.8 Å². The van der Waals surface area contributed by atoms with E-state index in [9.17, 15) is 9.59 Å². The highest BCUT2D eigenvalue weighted by Crippen LogP contribution is 2.40. The minimum absolute atomic E-state index is 0.0608. The first kappa shape index (κ1) is 24.2. The molecule has 172 valence electrons. The number of methoxy groups -OCH3 is 1. The summed E-state index contributed by atoms with van der Waals surface area (Å²) >= 11 is 0. The van der Waals surface area contributed by atoms with Gasteiger partial charge in [0, 0.05) is 13.0 Å². The van der Waals surface area contributed by atoms with Crippen LogP contribution in [-0.4, -0.2) is 40.6 Å². The van der Waals surface area contributed by atoms with Crippen LogP contribution in [0.4, 0.5) is 0 Å². The molecule has 0 saturated heterocycles. The molecule has 1 aliphatic carbocycles. The first-order chi connectivity index (χ1) is 15.3. The molecule has 0 radical (unpaired) electrons. The Hall–Kier alpha value is -2.44. The van der Waals surface area contributed by atoms with Crippen LogP contribution in [0.5, 0.6) is 0 Å². The van der Waals surface area contributed by atoms with Crippen LogP contribution in [0.15, 0.2) is 60.7 Å². The third-order valence-electron chi connectivity index (χ3n) is 6.63. The Balaban J connectivity index is 1.96. The zero-order valence-corrected chi connectivity index (χ0v) is 20.5. The van der Waals surface area contributed by atoms with Crippen molar-refractivity contribution in [3.8, 4) is 0 Å². The van der Waals surface area contributed by atoms with Crippen LogP contribution < -0.4 is 10.4 Å². The first-order valence-electron chi connectivity index (χ1n) is 11.2. The second-order valence-electron chi connectivity index (χ2n) is 9.60. The van der Waals surface area contributed by atoms with Crippen molar-refractivity contribution in [1.82, 2.24) is 0 Å². The second-order valence-corrected chi connectivity index (χ2v) is 13.9. The number of esters is 1. The van der Waals surface area contributed by atoms with Crippen molar-refractivity contribution in [3.63, 3.8) is 0 Å². The molecule has 5 nitrogen and oxygen atoms in total. The average molecular weight is 455 g/mol. The van der Waals surface area contributed by atoms with Crippen molar-refractivity contribution in [2.75, 3.05) is 13.7 Å². The number of carbonyl (C=O) groups excluding carboxylic acids is 2. The second kappa shape index (κ2) is 10.4. The molecule has 0 amide bonds. The predicted molar refractivity (Wildman–Crippen MR) is 127 cm³/mol. The monoisotopic (exact) mass is 454 g/mol. The Labute approximate surface area is 192 Å². The van der Waals surface area contributed by atoms with Gasteiger partial charge in [-0.25, -0.2) is 0 Å². The van der Waals surface area contributed by atoms with E-state index in [4.69, 9.17) is 13.9 Å². The van der Waals surface area contributed by atoms with Crippen LogP contribution >= 0.6 is 0 Å². The molecule has 0 aromatic heterocycles. The van der Waals surface area contributed by atoms with Gasteiger partial charge in [0.25, 0.3) is 14.8 Å². The van der Waals surface area contributed by atoms with E-state index in [1.807, 2.05) is 12.1 Å². The van der Waals surface area contributed by atoms with Gasteiger partial charge in [0.1, 0.15) is 6.10 Å². The minimum Gasteiger partial charge on any atom is -0.469 e. The Kier molecular flexibility index (Phi) is 7.90. The molecule has 2 aromatic rings. The fraction of sp³-hybridized carbons (Fsp3) is 0.462. The highest BCUT2D eigenvalue weighted by atomic mass is 28.4. The Morgan fingerprint density at radius 2 is 1.50 bits per heavy atom. The summed E-state index contributed by atoms with van der Waals surface area (Å²) in [7, 11) is -1.25. The smallest absolute Gasteiger partial charge is 0.305 e. The third kappa shape index (κ3) is 5.13. The van der Waals surface area contributed by atoms with Crippen LogP contribution in [0, 0.1) is 11.8 Å². The molecule has 0 aliphatic heterocycles. The van der Waals surface area contributed by atoms with Gasteiger partial charge >= 0.3 is 5.97 Å². The number of hydrogen-bond donors (Lipinski definition) is 0. The number of ether oxygens (including phenoxy) is 2. The maximum Gasteiger partial charge on any atom is 0.305 e. The lowest BCUT2D eigenvalue weighted by Gasteiger charge is -2.43. The van der Waals surface area contributed by atoms with Crippen LogP contribution in [-0.2, 0) is 23.5 Å². The van der Waals surface area contributed by atoms with Gasteiger partial charge in [-0.15, -0.1) is 0 Å². The molecule has 3 rings (SSSR count). The molecule has 6 heteroatoms. The van der Waals surface area contributed by atoms with Gasteiger partial charge in [-0.3, -0.25) is 9.59 Å². The van der Waals surface area contributed by atoms with E-state index in [0.29, 0.717) is 32.3 Å². The fourth-order valence-corrected chi connectivity index (χ4v) is 9.71.